The number of anilines is 1. The molecule has 0 radical (unpaired) electrons. The molecule has 0 amide bonds. The van der Waals surface area contributed by atoms with Crippen molar-refractivity contribution in [3.63, 3.8) is 0 Å². The van der Waals surface area contributed by atoms with Gasteiger partial charge in [-0.25, -0.2) is 0 Å². The lowest BCUT2D eigenvalue weighted by molar-refractivity contribution is 0.414. The Hall–Kier alpha value is -2.16. The highest BCUT2D eigenvalue weighted by Crippen LogP contribution is 2.23. The Kier molecular flexibility index (Phi) is 8.17. The van der Waals surface area contributed by atoms with Crippen molar-refractivity contribution in [2.24, 2.45) is 0 Å². The van der Waals surface area contributed by atoms with Gasteiger partial charge in [0.1, 0.15) is 11.5 Å². The largest absolute Gasteiger partial charge is 0.497 e. The van der Waals surface area contributed by atoms with E-state index in [0.29, 0.717) is 0 Å². The van der Waals surface area contributed by atoms with Crippen molar-refractivity contribution in [2.75, 3.05) is 25.7 Å². The fourth-order valence-corrected chi connectivity index (χ4v) is 2.95. The zero-order valence-corrected chi connectivity index (χ0v) is 15.8. The van der Waals surface area contributed by atoms with E-state index in [1.807, 2.05) is 24.3 Å². The molecule has 25 heavy (non-hydrogen) atoms. The topological polar surface area (TPSA) is 21.7 Å². The molecule has 0 saturated heterocycles. The molecule has 3 heteroatoms. The van der Waals surface area contributed by atoms with Gasteiger partial charge in [-0.3, -0.25) is 0 Å². The number of hydrogen-bond donors (Lipinski definition) is 0. The summed E-state index contributed by atoms with van der Waals surface area (Å²) in [5.74, 6) is 1.80. The fourth-order valence-electron chi connectivity index (χ4n) is 2.95. The lowest BCUT2D eigenvalue weighted by Gasteiger charge is -2.25. The predicted octanol–water partition coefficient (Wildman–Crippen LogP) is 5.68. The third-order valence-corrected chi connectivity index (χ3v) is 4.50. The van der Waals surface area contributed by atoms with E-state index in [1.54, 1.807) is 14.2 Å². The van der Waals surface area contributed by atoms with Gasteiger partial charge >= 0.3 is 0 Å². The van der Waals surface area contributed by atoms with E-state index in [0.717, 1.165) is 24.6 Å². The van der Waals surface area contributed by atoms with Crippen LogP contribution in [0, 0.1) is 0 Å². The third-order valence-electron chi connectivity index (χ3n) is 4.50. The molecule has 136 valence electrons. The molecule has 0 aliphatic heterocycles. The highest BCUT2D eigenvalue weighted by atomic mass is 16.5. The first-order valence-electron chi connectivity index (χ1n) is 9.28. The summed E-state index contributed by atoms with van der Waals surface area (Å²) in [5.41, 5.74) is 2.54. The highest BCUT2D eigenvalue weighted by Gasteiger charge is 2.08. The van der Waals surface area contributed by atoms with Crippen LogP contribution in [0.3, 0.4) is 0 Å². The second kappa shape index (κ2) is 10.7. The lowest BCUT2D eigenvalue weighted by atomic mass is 10.1. The number of benzene rings is 2. The Morgan fingerprint density at radius 3 is 1.84 bits per heavy atom. The van der Waals surface area contributed by atoms with Gasteiger partial charge in [-0.2, -0.15) is 0 Å². The van der Waals surface area contributed by atoms with E-state index in [4.69, 9.17) is 9.47 Å². The summed E-state index contributed by atoms with van der Waals surface area (Å²) in [4.78, 5) is 2.45. The maximum atomic E-state index is 5.29. The minimum atomic E-state index is 0.899. The summed E-state index contributed by atoms with van der Waals surface area (Å²) in [6, 6.07) is 16.7. The molecule has 3 nitrogen and oxygen atoms in total. The first kappa shape index (κ1) is 19.2. The SMILES string of the molecule is CCCCCCCN(Cc1ccc(OC)cc1)c1ccc(OC)cc1. The molecular weight excluding hydrogens is 310 g/mol. The van der Waals surface area contributed by atoms with Gasteiger partial charge in [-0.05, 0) is 48.4 Å². The summed E-state index contributed by atoms with van der Waals surface area (Å²) < 4.78 is 10.5. The summed E-state index contributed by atoms with van der Waals surface area (Å²) in [6.45, 7) is 4.24. The van der Waals surface area contributed by atoms with E-state index in [-0.39, 0.29) is 0 Å². The quantitative estimate of drug-likeness (QED) is 0.491. The van der Waals surface area contributed by atoms with Gasteiger partial charge in [0.15, 0.2) is 0 Å². The fraction of sp³-hybridized carbons (Fsp3) is 0.455. The van der Waals surface area contributed by atoms with Crippen LogP contribution in [0.15, 0.2) is 48.5 Å². The molecule has 0 N–H and O–H groups in total. The van der Waals surface area contributed by atoms with Crippen molar-refractivity contribution in [1.29, 1.82) is 0 Å². The standard InChI is InChI=1S/C22H31NO2/c1-4-5-6-7-8-17-23(20-11-15-22(25-3)16-12-20)18-19-9-13-21(24-2)14-10-19/h9-16H,4-8,17-18H2,1-3H3. The van der Waals surface area contributed by atoms with Crippen LogP contribution in [-0.4, -0.2) is 20.8 Å². The molecule has 0 aromatic heterocycles. The molecule has 2 rings (SSSR count). The van der Waals surface area contributed by atoms with Gasteiger partial charge < -0.3 is 14.4 Å². The summed E-state index contributed by atoms with van der Waals surface area (Å²) >= 11 is 0. The number of rotatable bonds is 11. The number of ether oxygens (including phenoxy) is 2. The van der Waals surface area contributed by atoms with Gasteiger partial charge in [0.25, 0.3) is 0 Å². The molecule has 0 aliphatic carbocycles. The third kappa shape index (κ3) is 6.33. The zero-order chi connectivity index (χ0) is 17.9. The second-order valence-electron chi connectivity index (χ2n) is 6.38. The number of hydrogen-bond acceptors (Lipinski definition) is 3. The Balaban J connectivity index is 2.03. The number of methoxy groups -OCH3 is 2. The Labute approximate surface area is 152 Å². The summed E-state index contributed by atoms with van der Waals surface area (Å²) in [6.07, 6.45) is 6.47. The normalized spacial score (nSPS) is 10.5. The molecule has 2 aromatic rings. The van der Waals surface area contributed by atoms with Crippen molar-refractivity contribution < 1.29 is 9.47 Å². The molecule has 0 aliphatic rings. The van der Waals surface area contributed by atoms with Crippen LogP contribution in [0.2, 0.25) is 0 Å². The van der Waals surface area contributed by atoms with Crippen molar-refractivity contribution in [3.8, 4) is 11.5 Å². The Bertz CT molecular complexity index is 592. The minimum Gasteiger partial charge on any atom is -0.497 e. The molecular formula is C22H31NO2. The van der Waals surface area contributed by atoms with Crippen LogP contribution in [0.5, 0.6) is 11.5 Å². The Morgan fingerprint density at radius 2 is 1.28 bits per heavy atom. The van der Waals surface area contributed by atoms with Crippen molar-refractivity contribution in [3.05, 3.63) is 54.1 Å². The van der Waals surface area contributed by atoms with Crippen molar-refractivity contribution in [2.45, 2.75) is 45.6 Å². The maximum absolute atomic E-state index is 5.29. The van der Waals surface area contributed by atoms with E-state index in [1.165, 1.54) is 43.4 Å². The van der Waals surface area contributed by atoms with Gasteiger partial charge in [-0.15, -0.1) is 0 Å². The monoisotopic (exact) mass is 341 g/mol. The van der Waals surface area contributed by atoms with E-state index < -0.39 is 0 Å². The van der Waals surface area contributed by atoms with Gasteiger partial charge in [0, 0.05) is 18.8 Å². The predicted molar refractivity (Wildman–Crippen MR) is 106 cm³/mol. The van der Waals surface area contributed by atoms with Crippen LogP contribution in [0.25, 0.3) is 0 Å². The first-order valence-corrected chi connectivity index (χ1v) is 9.28. The molecule has 0 fully saturated rings. The van der Waals surface area contributed by atoms with Gasteiger partial charge in [0.05, 0.1) is 14.2 Å². The van der Waals surface area contributed by atoms with Gasteiger partial charge in [0.2, 0.25) is 0 Å². The van der Waals surface area contributed by atoms with Crippen LogP contribution in [-0.2, 0) is 6.54 Å². The molecule has 0 heterocycles. The van der Waals surface area contributed by atoms with E-state index in [9.17, 15) is 0 Å². The Morgan fingerprint density at radius 1 is 0.720 bits per heavy atom. The minimum absolute atomic E-state index is 0.899. The van der Waals surface area contributed by atoms with Crippen molar-refractivity contribution in [1.82, 2.24) is 0 Å². The average molecular weight is 341 g/mol. The van der Waals surface area contributed by atoms with E-state index >= 15 is 0 Å². The lowest BCUT2D eigenvalue weighted by Crippen LogP contribution is -2.23. The van der Waals surface area contributed by atoms with Crippen LogP contribution >= 0.6 is 0 Å². The van der Waals surface area contributed by atoms with Crippen LogP contribution in [0.1, 0.15) is 44.6 Å². The molecule has 2 aromatic carbocycles. The first-order chi connectivity index (χ1) is 12.3. The second-order valence-corrected chi connectivity index (χ2v) is 6.38. The van der Waals surface area contributed by atoms with Gasteiger partial charge in [-0.1, -0.05) is 44.7 Å². The average Bonchev–Trinajstić information content (AvgIpc) is 2.67. The maximum Gasteiger partial charge on any atom is 0.119 e. The number of nitrogens with zero attached hydrogens (tertiary/aromatic N) is 1. The smallest absolute Gasteiger partial charge is 0.119 e. The van der Waals surface area contributed by atoms with E-state index in [2.05, 4.69) is 36.1 Å². The number of unbranched alkanes of at least 4 members (excludes halogenated alkanes) is 4. The summed E-state index contributed by atoms with van der Waals surface area (Å²) in [5, 5.41) is 0. The van der Waals surface area contributed by atoms with Crippen LogP contribution < -0.4 is 14.4 Å². The molecule has 0 bridgehead atoms. The van der Waals surface area contributed by atoms with Crippen LogP contribution in [0.4, 0.5) is 5.69 Å². The summed E-state index contributed by atoms with van der Waals surface area (Å²) in [7, 11) is 3.41. The highest BCUT2D eigenvalue weighted by molar-refractivity contribution is 5.49. The van der Waals surface area contributed by atoms with Crippen molar-refractivity contribution >= 4 is 5.69 Å². The molecule has 0 unspecified atom stereocenters. The molecule has 0 atom stereocenters. The molecule has 0 spiro atoms. The molecule has 0 saturated carbocycles. The zero-order valence-electron chi connectivity index (χ0n) is 15.8.